The zero-order valence-electron chi connectivity index (χ0n) is 28.7. The number of aliphatic hydroxyl groups excluding tert-OH is 2. The number of carbonyl (C=O) groups is 1. The molecule has 0 amide bonds. The molecule has 1 heterocycles. The molecule has 2 N–H and O–H groups in total. The van der Waals surface area contributed by atoms with Gasteiger partial charge in [-0.1, -0.05) is 78.3 Å². The van der Waals surface area contributed by atoms with Crippen LogP contribution in [0.15, 0.2) is 35.4 Å². The maximum Gasteiger partial charge on any atom is 0.160 e. The van der Waals surface area contributed by atoms with Crippen molar-refractivity contribution in [2.24, 2.45) is 50.7 Å². The Morgan fingerprint density at radius 1 is 0.886 bits per heavy atom. The summed E-state index contributed by atoms with van der Waals surface area (Å²) in [5, 5.41) is 23.4. The second-order valence-electron chi connectivity index (χ2n) is 18.0. The lowest BCUT2D eigenvalue weighted by Gasteiger charge is -2.72. The number of ketones is 1. The SMILES string of the molecule is CC(C)C1=C2[C@H]3CC[C@@H]4[C@@]5(C)CC[C@H](O)C(C)(C)[C@@H]5CC[C@@]4(C)[C@]3(C)CC[C@@]2([C@@H](O)CN2CCc3ccccc3C2)CC1=O. The number of Topliss-reactive ketones (excluding diaryl/α,β-unsaturated/α-hetero) is 1. The van der Waals surface area contributed by atoms with E-state index in [1.807, 2.05) is 0 Å². The van der Waals surface area contributed by atoms with Crippen molar-refractivity contribution in [3.8, 4) is 0 Å². The highest BCUT2D eigenvalue weighted by Crippen LogP contribution is 2.77. The van der Waals surface area contributed by atoms with Gasteiger partial charge in [0.15, 0.2) is 5.78 Å². The third kappa shape index (κ3) is 4.08. The number of benzene rings is 1. The van der Waals surface area contributed by atoms with Gasteiger partial charge in [0, 0.05) is 31.5 Å². The van der Waals surface area contributed by atoms with Crippen molar-refractivity contribution in [1.82, 2.24) is 4.90 Å². The summed E-state index contributed by atoms with van der Waals surface area (Å²) in [4.78, 5) is 16.5. The molecule has 0 saturated heterocycles. The van der Waals surface area contributed by atoms with Crippen LogP contribution in [0, 0.1) is 50.7 Å². The van der Waals surface area contributed by atoms with Crippen molar-refractivity contribution in [2.45, 2.75) is 131 Å². The van der Waals surface area contributed by atoms with Crippen LogP contribution in [-0.2, 0) is 17.8 Å². The number of β-amino-alcohol motifs (C(OH)–C–C–N with tert-alkyl or cyclic N) is 1. The van der Waals surface area contributed by atoms with Crippen LogP contribution >= 0.6 is 0 Å². The molecule has 1 aromatic carbocycles. The van der Waals surface area contributed by atoms with Crippen molar-refractivity contribution in [3.05, 3.63) is 46.5 Å². The van der Waals surface area contributed by atoms with Crippen LogP contribution in [0.1, 0.15) is 117 Å². The van der Waals surface area contributed by atoms with Crippen molar-refractivity contribution >= 4 is 5.78 Å². The van der Waals surface area contributed by atoms with Crippen molar-refractivity contribution in [1.29, 1.82) is 0 Å². The molecule has 0 bridgehead atoms. The van der Waals surface area contributed by atoms with Gasteiger partial charge in [0.05, 0.1) is 12.2 Å². The van der Waals surface area contributed by atoms with Crippen LogP contribution in [0.3, 0.4) is 0 Å². The molecular formula is C40H59NO3. The lowest BCUT2D eigenvalue weighted by molar-refractivity contribution is -0.230. The van der Waals surface area contributed by atoms with Gasteiger partial charge in [-0.15, -0.1) is 0 Å². The number of aliphatic hydroxyl groups is 2. The van der Waals surface area contributed by atoms with Crippen molar-refractivity contribution < 1.29 is 15.0 Å². The molecule has 4 saturated carbocycles. The second-order valence-corrected chi connectivity index (χ2v) is 18.0. The molecule has 0 radical (unpaired) electrons. The van der Waals surface area contributed by atoms with E-state index in [2.05, 4.69) is 77.6 Å². The van der Waals surface area contributed by atoms with Crippen LogP contribution in [0.4, 0.5) is 0 Å². The topological polar surface area (TPSA) is 60.8 Å². The molecule has 0 aromatic heterocycles. The van der Waals surface area contributed by atoms with Crippen molar-refractivity contribution in [3.63, 3.8) is 0 Å². The van der Waals surface area contributed by atoms with E-state index in [1.54, 1.807) is 0 Å². The molecule has 242 valence electrons. The Labute approximate surface area is 267 Å². The molecule has 9 atom stereocenters. The van der Waals surface area contributed by atoms with Crippen LogP contribution in [0.2, 0.25) is 0 Å². The number of fused-ring (bicyclic) bond motifs is 8. The van der Waals surface area contributed by atoms with E-state index in [0.717, 1.165) is 57.2 Å². The fourth-order valence-corrected chi connectivity index (χ4v) is 13.2. The van der Waals surface area contributed by atoms with Gasteiger partial charge < -0.3 is 10.2 Å². The summed E-state index contributed by atoms with van der Waals surface area (Å²) >= 11 is 0. The van der Waals surface area contributed by atoms with Crippen LogP contribution < -0.4 is 0 Å². The Kier molecular flexibility index (Phi) is 7.25. The summed E-state index contributed by atoms with van der Waals surface area (Å²) in [6.07, 6.45) is 9.61. The summed E-state index contributed by atoms with van der Waals surface area (Å²) in [6, 6.07) is 8.75. The highest BCUT2D eigenvalue weighted by molar-refractivity contribution is 6.00. The first-order valence-corrected chi connectivity index (χ1v) is 18.1. The van der Waals surface area contributed by atoms with Gasteiger partial charge in [-0.2, -0.15) is 0 Å². The average Bonchev–Trinajstić information content (AvgIpc) is 3.29. The molecule has 6 aliphatic rings. The summed E-state index contributed by atoms with van der Waals surface area (Å²) in [7, 11) is 0. The Hall–Kier alpha value is -1.49. The molecule has 0 unspecified atom stereocenters. The third-order valence-electron chi connectivity index (χ3n) is 15.7. The Morgan fingerprint density at radius 2 is 1.61 bits per heavy atom. The molecule has 1 aliphatic heterocycles. The molecule has 4 nitrogen and oxygen atoms in total. The quantitative estimate of drug-likeness (QED) is 0.371. The lowest BCUT2D eigenvalue weighted by Crippen LogP contribution is -2.66. The van der Waals surface area contributed by atoms with E-state index in [9.17, 15) is 15.0 Å². The number of hydrogen-bond acceptors (Lipinski definition) is 4. The molecule has 5 aliphatic carbocycles. The third-order valence-corrected chi connectivity index (χ3v) is 15.7. The Morgan fingerprint density at radius 3 is 2.34 bits per heavy atom. The van der Waals surface area contributed by atoms with Crippen LogP contribution in [0.5, 0.6) is 0 Å². The molecule has 0 spiro atoms. The van der Waals surface area contributed by atoms with E-state index >= 15 is 0 Å². The average molecular weight is 602 g/mol. The number of hydrogen-bond donors (Lipinski definition) is 2. The minimum atomic E-state index is -0.521. The summed E-state index contributed by atoms with van der Waals surface area (Å²) < 4.78 is 0. The van der Waals surface area contributed by atoms with E-state index in [-0.39, 0.29) is 33.7 Å². The van der Waals surface area contributed by atoms with E-state index in [4.69, 9.17) is 0 Å². The predicted molar refractivity (Wildman–Crippen MR) is 177 cm³/mol. The molecule has 1 aromatic rings. The number of allylic oxidation sites excluding steroid dienone is 1. The standard InChI is InChI=1S/C40H59NO3/c1-25(2)34-29(42)22-40(33(44)24-41-21-16-26-10-8-9-11-27(26)23-41)20-19-38(6)28(35(34)40)12-13-31-37(5)17-15-32(43)36(3,4)30(37)14-18-39(31,38)7/h8-11,25,28,30-33,43-44H,12-24H2,1-7H3/t28-,30+,31-,32+,33+,37+,38-,39-,40+/m1/s1. The lowest BCUT2D eigenvalue weighted by atomic mass is 9.33. The van der Waals surface area contributed by atoms with Gasteiger partial charge in [0.2, 0.25) is 0 Å². The maximum atomic E-state index is 14.0. The normalized spacial score (nSPS) is 44.0. The van der Waals surface area contributed by atoms with Gasteiger partial charge in [0.1, 0.15) is 0 Å². The molecule has 7 rings (SSSR count). The zero-order valence-corrected chi connectivity index (χ0v) is 28.7. The first kappa shape index (κ1) is 31.1. The smallest absolute Gasteiger partial charge is 0.160 e. The predicted octanol–water partition coefficient (Wildman–Crippen LogP) is 7.75. The highest BCUT2D eigenvalue weighted by atomic mass is 16.3. The summed E-state index contributed by atoms with van der Waals surface area (Å²) in [5.41, 5.74) is 5.36. The van der Waals surface area contributed by atoms with Gasteiger partial charge >= 0.3 is 0 Å². The molecule has 4 fully saturated rings. The summed E-state index contributed by atoms with van der Waals surface area (Å²) in [5.74, 6) is 2.05. The van der Waals surface area contributed by atoms with E-state index in [0.29, 0.717) is 36.5 Å². The van der Waals surface area contributed by atoms with Gasteiger partial charge in [-0.05, 0) is 120 Å². The maximum absolute atomic E-state index is 14.0. The van der Waals surface area contributed by atoms with Crippen LogP contribution in [-0.4, -0.2) is 46.2 Å². The van der Waals surface area contributed by atoms with Crippen molar-refractivity contribution in [2.75, 3.05) is 13.1 Å². The first-order valence-electron chi connectivity index (χ1n) is 18.1. The van der Waals surface area contributed by atoms with Gasteiger partial charge in [-0.3, -0.25) is 9.69 Å². The summed E-state index contributed by atoms with van der Waals surface area (Å²) in [6.45, 7) is 19.4. The number of nitrogens with zero attached hydrogens (tertiary/aromatic N) is 1. The van der Waals surface area contributed by atoms with Gasteiger partial charge in [-0.25, -0.2) is 0 Å². The first-order chi connectivity index (χ1) is 20.7. The zero-order chi connectivity index (χ0) is 31.4. The largest absolute Gasteiger partial charge is 0.393 e. The Balaban J connectivity index is 1.24. The van der Waals surface area contributed by atoms with E-state index < -0.39 is 11.5 Å². The molecule has 4 heteroatoms. The number of carbonyl (C=O) groups excluding carboxylic acids is 1. The minimum absolute atomic E-state index is 0.0436. The fourth-order valence-electron chi connectivity index (χ4n) is 13.2. The van der Waals surface area contributed by atoms with Gasteiger partial charge in [0.25, 0.3) is 0 Å². The van der Waals surface area contributed by atoms with Crippen LogP contribution in [0.25, 0.3) is 0 Å². The monoisotopic (exact) mass is 601 g/mol. The fraction of sp³-hybridized carbons (Fsp3) is 0.775. The highest BCUT2D eigenvalue weighted by Gasteiger charge is 2.70. The molecule has 44 heavy (non-hydrogen) atoms. The van der Waals surface area contributed by atoms with E-state index in [1.165, 1.54) is 36.0 Å². The molecular weight excluding hydrogens is 542 g/mol. The second kappa shape index (κ2) is 10.3. The minimum Gasteiger partial charge on any atom is -0.393 e. The number of rotatable bonds is 4. The Bertz CT molecular complexity index is 1360.